The molecule has 166 valence electrons. The summed E-state index contributed by atoms with van der Waals surface area (Å²) in [5.74, 6) is 1.47. The van der Waals surface area contributed by atoms with Gasteiger partial charge in [0.2, 0.25) is 0 Å². The first-order valence-electron chi connectivity index (χ1n) is 10.7. The van der Waals surface area contributed by atoms with Gasteiger partial charge in [-0.2, -0.15) is 0 Å². The Balaban J connectivity index is 1.42. The van der Waals surface area contributed by atoms with Crippen molar-refractivity contribution in [1.82, 2.24) is 10.3 Å². The van der Waals surface area contributed by atoms with E-state index in [1.54, 1.807) is 6.07 Å². The van der Waals surface area contributed by atoms with Crippen LogP contribution in [0.4, 0.5) is 0 Å². The molecule has 4 nitrogen and oxygen atoms in total. The summed E-state index contributed by atoms with van der Waals surface area (Å²) in [6.45, 7) is 4.39. The van der Waals surface area contributed by atoms with Crippen LogP contribution >= 0.6 is 23.2 Å². The first kappa shape index (κ1) is 22.5. The Hall–Kier alpha value is -2.66. The highest BCUT2D eigenvalue weighted by molar-refractivity contribution is 6.35. The molecule has 1 heterocycles. The lowest BCUT2D eigenvalue weighted by atomic mass is 10.1. The summed E-state index contributed by atoms with van der Waals surface area (Å²) in [5.41, 5.74) is 4.40. The summed E-state index contributed by atoms with van der Waals surface area (Å²) in [7, 11) is 0. The maximum atomic E-state index is 6.32. The molecule has 6 heteroatoms. The standard InChI is InChI=1S/C26H26Cl2N2O2/c1-2-31-25-9-5-6-19(26(25)32-17-20-10-11-21(27)14-23(20)28)15-29-13-12-18-16-30-24-8-4-3-7-22(18)24/h3-11,14,16,29-30H,2,12-13,15,17H2,1H3. The molecule has 0 aliphatic rings. The summed E-state index contributed by atoms with van der Waals surface area (Å²) < 4.78 is 12.0. The van der Waals surface area contributed by atoms with Crippen LogP contribution in [-0.4, -0.2) is 18.1 Å². The number of para-hydroxylation sites is 2. The molecule has 1 aromatic heterocycles. The second-order valence-electron chi connectivity index (χ2n) is 7.49. The number of hydrogen-bond acceptors (Lipinski definition) is 3. The minimum atomic E-state index is 0.336. The van der Waals surface area contributed by atoms with Gasteiger partial charge in [0.25, 0.3) is 0 Å². The number of benzene rings is 3. The van der Waals surface area contributed by atoms with Crippen molar-refractivity contribution in [2.24, 2.45) is 0 Å². The maximum absolute atomic E-state index is 6.32. The zero-order valence-corrected chi connectivity index (χ0v) is 19.5. The molecule has 0 saturated carbocycles. The van der Waals surface area contributed by atoms with Crippen molar-refractivity contribution in [2.45, 2.75) is 26.5 Å². The van der Waals surface area contributed by atoms with E-state index in [1.165, 1.54) is 16.5 Å². The van der Waals surface area contributed by atoms with Crippen LogP contribution in [0.1, 0.15) is 23.6 Å². The van der Waals surface area contributed by atoms with Crippen molar-refractivity contribution in [3.8, 4) is 11.5 Å². The minimum absolute atomic E-state index is 0.336. The molecule has 0 saturated heterocycles. The summed E-state index contributed by atoms with van der Waals surface area (Å²) in [4.78, 5) is 3.33. The lowest BCUT2D eigenvalue weighted by Gasteiger charge is -2.17. The van der Waals surface area contributed by atoms with Gasteiger partial charge in [-0.3, -0.25) is 0 Å². The lowest BCUT2D eigenvalue weighted by molar-refractivity contribution is 0.266. The number of ether oxygens (including phenoxy) is 2. The molecule has 4 rings (SSSR count). The monoisotopic (exact) mass is 468 g/mol. The molecule has 0 aliphatic heterocycles. The zero-order valence-electron chi connectivity index (χ0n) is 18.0. The molecule has 4 aromatic rings. The molecule has 0 radical (unpaired) electrons. The van der Waals surface area contributed by atoms with Crippen molar-refractivity contribution in [1.29, 1.82) is 0 Å². The van der Waals surface area contributed by atoms with Gasteiger partial charge in [-0.15, -0.1) is 0 Å². The van der Waals surface area contributed by atoms with Crippen molar-refractivity contribution in [2.75, 3.05) is 13.2 Å². The van der Waals surface area contributed by atoms with Crippen molar-refractivity contribution >= 4 is 34.1 Å². The third-order valence-corrected chi connectivity index (χ3v) is 5.90. The second-order valence-corrected chi connectivity index (χ2v) is 8.33. The van der Waals surface area contributed by atoms with E-state index in [-0.39, 0.29) is 0 Å². The summed E-state index contributed by atoms with van der Waals surface area (Å²) in [6.07, 6.45) is 3.03. The molecule has 0 atom stereocenters. The van der Waals surface area contributed by atoms with Gasteiger partial charge in [-0.1, -0.05) is 59.6 Å². The summed E-state index contributed by atoms with van der Waals surface area (Å²) in [6, 6.07) is 19.8. The average Bonchev–Trinajstić information content (AvgIpc) is 3.20. The van der Waals surface area contributed by atoms with Crippen LogP contribution in [0.15, 0.2) is 66.9 Å². The largest absolute Gasteiger partial charge is 0.490 e. The molecule has 3 aromatic carbocycles. The van der Waals surface area contributed by atoms with Crippen molar-refractivity contribution < 1.29 is 9.47 Å². The van der Waals surface area contributed by atoms with Crippen LogP contribution < -0.4 is 14.8 Å². The van der Waals surface area contributed by atoms with Crippen LogP contribution in [0.5, 0.6) is 11.5 Å². The molecule has 0 amide bonds. The lowest BCUT2D eigenvalue weighted by Crippen LogP contribution is -2.17. The number of rotatable bonds is 10. The Kier molecular flexibility index (Phi) is 7.59. The highest BCUT2D eigenvalue weighted by Gasteiger charge is 2.13. The summed E-state index contributed by atoms with van der Waals surface area (Å²) in [5, 5.41) is 6.01. The first-order valence-corrected chi connectivity index (χ1v) is 11.5. The summed E-state index contributed by atoms with van der Waals surface area (Å²) >= 11 is 12.3. The SMILES string of the molecule is CCOc1cccc(CNCCc2c[nH]c3ccccc23)c1OCc1ccc(Cl)cc1Cl. The molecule has 0 fully saturated rings. The number of fused-ring (bicyclic) bond motifs is 1. The van der Waals surface area contributed by atoms with E-state index in [2.05, 4.69) is 40.8 Å². The van der Waals surface area contributed by atoms with Gasteiger partial charge in [0.15, 0.2) is 11.5 Å². The van der Waals surface area contributed by atoms with Gasteiger partial charge in [-0.25, -0.2) is 0 Å². The molecule has 0 bridgehead atoms. The molecule has 0 unspecified atom stereocenters. The van der Waals surface area contributed by atoms with E-state index in [0.29, 0.717) is 29.8 Å². The number of H-pyrrole nitrogens is 1. The highest BCUT2D eigenvalue weighted by atomic mass is 35.5. The van der Waals surface area contributed by atoms with Crippen LogP contribution in [0.25, 0.3) is 10.9 Å². The number of aromatic nitrogens is 1. The molecule has 32 heavy (non-hydrogen) atoms. The fourth-order valence-corrected chi connectivity index (χ4v) is 4.17. The van der Waals surface area contributed by atoms with Gasteiger partial charge in [0, 0.05) is 44.8 Å². The Morgan fingerprint density at radius 3 is 2.62 bits per heavy atom. The van der Waals surface area contributed by atoms with Crippen molar-refractivity contribution in [3.63, 3.8) is 0 Å². The quantitative estimate of drug-likeness (QED) is 0.252. The van der Waals surface area contributed by atoms with Gasteiger partial charge in [-0.05, 0) is 49.7 Å². The third-order valence-electron chi connectivity index (χ3n) is 5.31. The predicted octanol–water partition coefficient (Wildman–Crippen LogP) is 6.78. The number of halogens is 2. The Morgan fingerprint density at radius 2 is 1.78 bits per heavy atom. The van der Waals surface area contributed by atoms with Crippen molar-refractivity contribution in [3.05, 3.63) is 93.6 Å². The van der Waals surface area contributed by atoms with Crippen LogP contribution in [-0.2, 0) is 19.6 Å². The topological polar surface area (TPSA) is 46.3 Å². The normalized spacial score (nSPS) is 11.1. The van der Waals surface area contributed by atoms with Crippen LogP contribution in [0.2, 0.25) is 10.0 Å². The zero-order chi connectivity index (χ0) is 22.3. The fraction of sp³-hybridized carbons (Fsp3) is 0.231. The number of nitrogens with one attached hydrogen (secondary N) is 2. The van der Waals surface area contributed by atoms with Crippen LogP contribution in [0.3, 0.4) is 0 Å². The second kappa shape index (κ2) is 10.8. The van der Waals surface area contributed by atoms with E-state index >= 15 is 0 Å². The van der Waals surface area contributed by atoms with Gasteiger partial charge >= 0.3 is 0 Å². The maximum Gasteiger partial charge on any atom is 0.166 e. The minimum Gasteiger partial charge on any atom is -0.490 e. The van der Waals surface area contributed by atoms with E-state index in [9.17, 15) is 0 Å². The van der Waals surface area contributed by atoms with Crippen LogP contribution in [0, 0.1) is 0 Å². The van der Waals surface area contributed by atoms with E-state index < -0.39 is 0 Å². The Labute approximate surface area is 198 Å². The van der Waals surface area contributed by atoms with Gasteiger partial charge in [0.1, 0.15) is 6.61 Å². The molecule has 2 N–H and O–H groups in total. The molecular formula is C26H26Cl2N2O2. The molecular weight excluding hydrogens is 443 g/mol. The highest BCUT2D eigenvalue weighted by Crippen LogP contribution is 2.33. The Bertz CT molecular complexity index is 1190. The first-order chi connectivity index (χ1) is 15.7. The molecule has 0 aliphatic carbocycles. The number of aromatic amines is 1. The van der Waals surface area contributed by atoms with E-state index in [4.69, 9.17) is 32.7 Å². The predicted molar refractivity (Wildman–Crippen MR) is 132 cm³/mol. The smallest absolute Gasteiger partial charge is 0.166 e. The number of hydrogen-bond donors (Lipinski definition) is 2. The molecule has 0 spiro atoms. The van der Waals surface area contributed by atoms with Gasteiger partial charge in [0.05, 0.1) is 6.61 Å². The van der Waals surface area contributed by atoms with E-state index in [0.717, 1.165) is 35.6 Å². The Morgan fingerprint density at radius 1 is 0.906 bits per heavy atom. The van der Waals surface area contributed by atoms with Gasteiger partial charge < -0.3 is 19.8 Å². The van der Waals surface area contributed by atoms with E-state index in [1.807, 2.05) is 37.3 Å². The fourth-order valence-electron chi connectivity index (χ4n) is 3.71. The third kappa shape index (κ3) is 5.39. The average molecular weight is 469 g/mol.